The van der Waals surface area contributed by atoms with Crippen LogP contribution < -0.4 is 5.32 Å². The second-order valence-electron chi connectivity index (χ2n) is 5.10. The number of ether oxygens (including phenoxy) is 1. The Balaban J connectivity index is 2.06. The number of aryl methyl sites for hydroxylation is 2. The van der Waals surface area contributed by atoms with Gasteiger partial charge in [-0.1, -0.05) is 18.2 Å². The molecule has 18 heavy (non-hydrogen) atoms. The van der Waals surface area contributed by atoms with Crippen molar-refractivity contribution in [2.45, 2.75) is 26.3 Å². The van der Waals surface area contributed by atoms with Crippen molar-refractivity contribution in [1.82, 2.24) is 10.3 Å². The van der Waals surface area contributed by atoms with Crippen molar-refractivity contribution in [1.29, 1.82) is 0 Å². The molecule has 2 N–H and O–H groups in total. The number of H-pyrrole nitrogens is 1. The van der Waals surface area contributed by atoms with Crippen LogP contribution in [0.1, 0.15) is 29.3 Å². The molecule has 1 unspecified atom stereocenters. The molecule has 0 bridgehead atoms. The number of benzene rings is 1. The minimum Gasteiger partial charge on any atom is -0.379 e. The molecule has 1 saturated heterocycles. The van der Waals surface area contributed by atoms with E-state index in [9.17, 15) is 0 Å². The van der Waals surface area contributed by atoms with Crippen molar-refractivity contribution in [3.05, 3.63) is 35.0 Å². The first-order chi connectivity index (χ1) is 8.77. The van der Waals surface area contributed by atoms with Gasteiger partial charge in [0.2, 0.25) is 0 Å². The van der Waals surface area contributed by atoms with E-state index in [0.29, 0.717) is 6.04 Å². The normalized spacial score (nSPS) is 21.1. The fourth-order valence-electron chi connectivity index (χ4n) is 2.76. The summed E-state index contributed by atoms with van der Waals surface area (Å²) in [7, 11) is 0. The Hall–Kier alpha value is -1.32. The lowest BCUT2D eigenvalue weighted by atomic mass is 10.1. The van der Waals surface area contributed by atoms with Crippen LogP contribution in [0.2, 0.25) is 0 Å². The maximum Gasteiger partial charge on any atom is 0.0713 e. The third kappa shape index (κ3) is 1.93. The highest BCUT2D eigenvalue weighted by atomic mass is 16.5. The van der Waals surface area contributed by atoms with Gasteiger partial charge in [-0.2, -0.15) is 0 Å². The van der Waals surface area contributed by atoms with Gasteiger partial charge in [0.1, 0.15) is 0 Å². The summed E-state index contributed by atoms with van der Waals surface area (Å²) in [5, 5.41) is 4.89. The molecule has 1 aliphatic heterocycles. The fourth-order valence-corrected chi connectivity index (χ4v) is 2.76. The summed E-state index contributed by atoms with van der Waals surface area (Å²) >= 11 is 0. The highest BCUT2D eigenvalue weighted by Crippen LogP contribution is 2.28. The SMILES string of the molecule is Cc1c(C2COCCCN2)[nH]c2c(C)cccc12. The minimum absolute atomic E-state index is 0.291. The second kappa shape index (κ2) is 4.75. The van der Waals surface area contributed by atoms with Crippen molar-refractivity contribution < 1.29 is 4.74 Å². The topological polar surface area (TPSA) is 37.0 Å². The van der Waals surface area contributed by atoms with Crippen molar-refractivity contribution in [2.75, 3.05) is 19.8 Å². The molecule has 0 radical (unpaired) electrons. The van der Waals surface area contributed by atoms with E-state index in [0.717, 1.165) is 26.2 Å². The number of fused-ring (bicyclic) bond motifs is 1. The summed E-state index contributed by atoms with van der Waals surface area (Å²) in [5.41, 5.74) is 5.19. The summed E-state index contributed by atoms with van der Waals surface area (Å²) in [6.07, 6.45) is 1.09. The van der Waals surface area contributed by atoms with E-state index in [1.165, 1.54) is 27.7 Å². The maximum absolute atomic E-state index is 5.66. The number of para-hydroxylation sites is 1. The molecule has 0 amide bonds. The number of aromatic nitrogens is 1. The molecule has 96 valence electrons. The quantitative estimate of drug-likeness (QED) is 0.809. The Kier molecular flexibility index (Phi) is 3.10. The molecule has 2 heterocycles. The van der Waals surface area contributed by atoms with Gasteiger partial charge in [-0.3, -0.25) is 0 Å². The highest BCUT2D eigenvalue weighted by molar-refractivity contribution is 5.87. The number of hydrogen-bond acceptors (Lipinski definition) is 2. The van der Waals surface area contributed by atoms with Gasteiger partial charge in [0.25, 0.3) is 0 Å². The Bertz CT molecular complexity index is 551. The zero-order valence-electron chi connectivity index (χ0n) is 11.0. The van der Waals surface area contributed by atoms with Crippen LogP contribution in [-0.4, -0.2) is 24.7 Å². The smallest absolute Gasteiger partial charge is 0.0713 e. The fraction of sp³-hybridized carbons (Fsp3) is 0.467. The molecule has 1 aliphatic rings. The lowest BCUT2D eigenvalue weighted by Gasteiger charge is -2.14. The van der Waals surface area contributed by atoms with Gasteiger partial charge in [0, 0.05) is 23.2 Å². The van der Waals surface area contributed by atoms with E-state index < -0.39 is 0 Å². The van der Waals surface area contributed by atoms with E-state index in [-0.39, 0.29) is 0 Å². The van der Waals surface area contributed by atoms with Crippen molar-refractivity contribution in [2.24, 2.45) is 0 Å². The van der Waals surface area contributed by atoms with Gasteiger partial charge in [-0.25, -0.2) is 0 Å². The maximum atomic E-state index is 5.66. The van der Waals surface area contributed by atoms with Crippen molar-refractivity contribution in [3.8, 4) is 0 Å². The van der Waals surface area contributed by atoms with Crippen LogP contribution in [0, 0.1) is 13.8 Å². The molecule has 3 rings (SSSR count). The molecule has 1 aromatic heterocycles. The van der Waals surface area contributed by atoms with Crippen LogP contribution in [-0.2, 0) is 4.74 Å². The predicted molar refractivity (Wildman–Crippen MR) is 74.0 cm³/mol. The Morgan fingerprint density at radius 3 is 3.00 bits per heavy atom. The zero-order valence-corrected chi connectivity index (χ0v) is 11.0. The first kappa shape index (κ1) is 11.8. The largest absolute Gasteiger partial charge is 0.379 e. The summed E-state index contributed by atoms with van der Waals surface area (Å²) in [4.78, 5) is 3.59. The number of hydrogen-bond donors (Lipinski definition) is 2. The molecule has 0 spiro atoms. The molecule has 0 saturated carbocycles. The molecule has 1 aromatic carbocycles. The Morgan fingerprint density at radius 2 is 2.17 bits per heavy atom. The molecule has 3 heteroatoms. The first-order valence-corrected chi connectivity index (χ1v) is 6.66. The van der Waals surface area contributed by atoms with Crippen LogP contribution >= 0.6 is 0 Å². The number of rotatable bonds is 1. The molecule has 1 atom stereocenters. The molecular formula is C15H20N2O. The lowest BCUT2D eigenvalue weighted by Crippen LogP contribution is -2.24. The van der Waals surface area contributed by atoms with E-state index in [1.54, 1.807) is 0 Å². The minimum atomic E-state index is 0.291. The Labute approximate surface area is 108 Å². The van der Waals surface area contributed by atoms with Crippen molar-refractivity contribution >= 4 is 10.9 Å². The molecule has 1 fully saturated rings. The van der Waals surface area contributed by atoms with E-state index in [1.807, 2.05) is 0 Å². The summed E-state index contributed by atoms with van der Waals surface area (Å²) in [6.45, 7) is 6.99. The molecule has 3 nitrogen and oxygen atoms in total. The van der Waals surface area contributed by atoms with Crippen LogP contribution in [0.3, 0.4) is 0 Å². The molecular weight excluding hydrogens is 224 g/mol. The van der Waals surface area contributed by atoms with Crippen LogP contribution in [0.15, 0.2) is 18.2 Å². The first-order valence-electron chi connectivity index (χ1n) is 6.66. The van der Waals surface area contributed by atoms with Crippen LogP contribution in [0.25, 0.3) is 10.9 Å². The van der Waals surface area contributed by atoms with E-state index in [2.05, 4.69) is 42.3 Å². The molecule has 2 aromatic rings. The van der Waals surface area contributed by atoms with Gasteiger partial charge in [-0.05, 0) is 37.9 Å². The lowest BCUT2D eigenvalue weighted by molar-refractivity contribution is 0.130. The summed E-state index contributed by atoms with van der Waals surface area (Å²) in [5.74, 6) is 0. The van der Waals surface area contributed by atoms with Crippen LogP contribution in [0.4, 0.5) is 0 Å². The second-order valence-corrected chi connectivity index (χ2v) is 5.10. The van der Waals surface area contributed by atoms with Gasteiger partial charge in [-0.15, -0.1) is 0 Å². The average Bonchev–Trinajstić information content (AvgIpc) is 2.57. The molecule has 0 aliphatic carbocycles. The summed E-state index contributed by atoms with van der Waals surface area (Å²) < 4.78 is 5.66. The van der Waals surface area contributed by atoms with Gasteiger partial charge in [0.15, 0.2) is 0 Å². The van der Waals surface area contributed by atoms with Gasteiger partial charge < -0.3 is 15.0 Å². The van der Waals surface area contributed by atoms with Crippen LogP contribution in [0.5, 0.6) is 0 Å². The summed E-state index contributed by atoms with van der Waals surface area (Å²) in [6, 6.07) is 6.76. The van der Waals surface area contributed by atoms with E-state index in [4.69, 9.17) is 4.74 Å². The zero-order chi connectivity index (χ0) is 12.5. The number of nitrogens with one attached hydrogen (secondary N) is 2. The average molecular weight is 244 g/mol. The monoisotopic (exact) mass is 244 g/mol. The van der Waals surface area contributed by atoms with E-state index >= 15 is 0 Å². The standard InChI is InChI=1S/C15H20N2O/c1-10-5-3-6-12-11(2)15(17-14(10)12)13-9-18-8-4-7-16-13/h3,5-6,13,16-17H,4,7-9H2,1-2H3. The van der Waals surface area contributed by atoms with Crippen molar-refractivity contribution in [3.63, 3.8) is 0 Å². The number of aromatic amines is 1. The highest BCUT2D eigenvalue weighted by Gasteiger charge is 2.19. The van der Waals surface area contributed by atoms with Gasteiger partial charge in [0.05, 0.1) is 12.6 Å². The Morgan fingerprint density at radius 1 is 1.28 bits per heavy atom. The predicted octanol–water partition coefficient (Wildman–Crippen LogP) is 2.84. The third-order valence-electron chi connectivity index (χ3n) is 3.83. The van der Waals surface area contributed by atoms with Gasteiger partial charge >= 0.3 is 0 Å². The third-order valence-corrected chi connectivity index (χ3v) is 3.83.